The van der Waals surface area contributed by atoms with Crippen LogP contribution in [0.15, 0.2) is 47.3 Å². The highest BCUT2D eigenvalue weighted by Crippen LogP contribution is 2.19. The molecule has 1 aliphatic heterocycles. The Bertz CT molecular complexity index is 1040. The standard InChI is InChI=1S/C22H25FN4O2/c1-29-20-7-6-16(14-18(20)23)15-27-12-10-26(11-13-27)9-8-21-24-19-5-3-2-4-17(19)22(28)25-21/h2-7,14H,8-13,15H2,1H3,(H,24,25,28). The van der Waals surface area contributed by atoms with Gasteiger partial charge in [0.25, 0.3) is 5.56 Å². The Kier molecular flexibility index (Phi) is 5.87. The second-order valence-corrected chi connectivity index (χ2v) is 7.37. The summed E-state index contributed by atoms with van der Waals surface area (Å²) in [5.74, 6) is 0.685. The van der Waals surface area contributed by atoms with Crippen LogP contribution in [0.5, 0.6) is 5.75 Å². The number of halogens is 1. The Balaban J connectivity index is 1.29. The molecule has 0 radical (unpaired) electrons. The third-order valence-electron chi connectivity index (χ3n) is 5.41. The molecule has 2 aromatic carbocycles. The smallest absolute Gasteiger partial charge is 0.258 e. The van der Waals surface area contributed by atoms with E-state index in [1.807, 2.05) is 24.3 Å². The predicted octanol–water partition coefficient (Wildman–Crippen LogP) is 2.43. The first-order valence-corrected chi connectivity index (χ1v) is 9.87. The second kappa shape index (κ2) is 8.71. The highest BCUT2D eigenvalue weighted by molar-refractivity contribution is 5.77. The largest absolute Gasteiger partial charge is 0.494 e. The van der Waals surface area contributed by atoms with E-state index in [0.717, 1.165) is 56.2 Å². The molecule has 0 bridgehead atoms. The Labute approximate surface area is 168 Å². The SMILES string of the molecule is COc1ccc(CN2CCN(CCc3nc4ccccc4c(=O)[nH]3)CC2)cc1F. The van der Waals surface area contributed by atoms with Crippen LogP contribution in [0.2, 0.25) is 0 Å². The lowest BCUT2D eigenvalue weighted by Gasteiger charge is -2.34. The minimum atomic E-state index is -0.319. The number of piperazine rings is 1. The Hall–Kier alpha value is -2.77. The zero-order chi connectivity index (χ0) is 20.2. The number of nitrogens with zero attached hydrogens (tertiary/aromatic N) is 3. The fourth-order valence-corrected chi connectivity index (χ4v) is 3.75. The molecule has 1 saturated heterocycles. The van der Waals surface area contributed by atoms with Gasteiger partial charge in [-0.1, -0.05) is 18.2 Å². The molecule has 1 fully saturated rings. The maximum absolute atomic E-state index is 13.9. The Morgan fingerprint density at radius 1 is 1.10 bits per heavy atom. The summed E-state index contributed by atoms with van der Waals surface area (Å²) in [6.07, 6.45) is 0.712. The van der Waals surface area contributed by atoms with Crippen LogP contribution in [0.1, 0.15) is 11.4 Å². The molecular weight excluding hydrogens is 371 g/mol. The fraction of sp³-hybridized carbons (Fsp3) is 0.364. The third kappa shape index (κ3) is 4.63. The zero-order valence-corrected chi connectivity index (χ0v) is 16.5. The van der Waals surface area contributed by atoms with Gasteiger partial charge in [-0.2, -0.15) is 0 Å². The van der Waals surface area contributed by atoms with Gasteiger partial charge in [0.05, 0.1) is 18.0 Å². The predicted molar refractivity (Wildman–Crippen MR) is 111 cm³/mol. The summed E-state index contributed by atoms with van der Waals surface area (Å²) in [4.78, 5) is 24.4. The molecule has 7 heteroatoms. The number of methoxy groups -OCH3 is 1. The van der Waals surface area contributed by atoms with E-state index < -0.39 is 0 Å². The number of rotatable bonds is 6. The van der Waals surface area contributed by atoms with Crippen molar-refractivity contribution in [3.8, 4) is 5.75 Å². The molecule has 29 heavy (non-hydrogen) atoms. The monoisotopic (exact) mass is 396 g/mol. The van der Waals surface area contributed by atoms with Crippen LogP contribution in [0.25, 0.3) is 10.9 Å². The van der Waals surface area contributed by atoms with Crippen molar-refractivity contribution in [2.45, 2.75) is 13.0 Å². The fourth-order valence-electron chi connectivity index (χ4n) is 3.75. The van der Waals surface area contributed by atoms with E-state index in [2.05, 4.69) is 19.8 Å². The molecule has 0 amide bonds. The van der Waals surface area contributed by atoms with E-state index in [0.29, 0.717) is 11.8 Å². The number of ether oxygens (including phenoxy) is 1. The maximum atomic E-state index is 13.9. The molecule has 4 rings (SSSR count). The number of hydrogen-bond donors (Lipinski definition) is 1. The van der Waals surface area contributed by atoms with E-state index in [1.54, 1.807) is 18.2 Å². The lowest BCUT2D eigenvalue weighted by molar-refractivity contribution is 0.127. The highest BCUT2D eigenvalue weighted by atomic mass is 19.1. The molecule has 0 atom stereocenters. The van der Waals surface area contributed by atoms with E-state index in [9.17, 15) is 9.18 Å². The number of fused-ring (bicyclic) bond motifs is 1. The molecule has 3 aromatic rings. The molecule has 0 aliphatic carbocycles. The quantitative estimate of drug-likeness (QED) is 0.694. The minimum absolute atomic E-state index is 0.0813. The second-order valence-electron chi connectivity index (χ2n) is 7.37. The molecule has 0 spiro atoms. The normalized spacial score (nSPS) is 15.7. The van der Waals surface area contributed by atoms with Crippen molar-refractivity contribution >= 4 is 10.9 Å². The summed E-state index contributed by atoms with van der Waals surface area (Å²) in [6, 6.07) is 12.5. The number of H-pyrrole nitrogens is 1. The number of para-hydroxylation sites is 1. The van der Waals surface area contributed by atoms with Crippen molar-refractivity contribution in [2.75, 3.05) is 39.8 Å². The van der Waals surface area contributed by atoms with Crippen LogP contribution in [-0.4, -0.2) is 59.6 Å². The molecule has 1 aromatic heterocycles. The minimum Gasteiger partial charge on any atom is -0.494 e. The lowest BCUT2D eigenvalue weighted by atomic mass is 10.1. The van der Waals surface area contributed by atoms with Crippen LogP contribution in [0, 0.1) is 5.82 Å². The molecule has 0 unspecified atom stereocenters. The van der Waals surface area contributed by atoms with Gasteiger partial charge in [0.2, 0.25) is 0 Å². The van der Waals surface area contributed by atoms with E-state index in [4.69, 9.17) is 4.74 Å². The van der Waals surface area contributed by atoms with Crippen molar-refractivity contribution in [3.63, 3.8) is 0 Å². The number of hydrogen-bond acceptors (Lipinski definition) is 5. The zero-order valence-electron chi connectivity index (χ0n) is 16.5. The van der Waals surface area contributed by atoms with Crippen LogP contribution in [-0.2, 0) is 13.0 Å². The summed E-state index contributed by atoms with van der Waals surface area (Å²) >= 11 is 0. The highest BCUT2D eigenvalue weighted by Gasteiger charge is 2.18. The molecule has 152 valence electrons. The molecular formula is C22H25FN4O2. The van der Waals surface area contributed by atoms with Crippen LogP contribution >= 0.6 is 0 Å². The van der Waals surface area contributed by atoms with Gasteiger partial charge in [0, 0.05) is 45.7 Å². The van der Waals surface area contributed by atoms with E-state index in [-0.39, 0.29) is 17.1 Å². The van der Waals surface area contributed by atoms with Crippen molar-refractivity contribution in [1.29, 1.82) is 0 Å². The van der Waals surface area contributed by atoms with Crippen molar-refractivity contribution < 1.29 is 9.13 Å². The first-order valence-electron chi connectivity index (χ1n) is 9.87. The molecule has 6 nitrogen and oxygen atoms in total. The average Bonchev–Trinajstić information content (AvgIpc) is 2.73. The summed E-state index contributed by atoms with van der Waals surface area (Å²) in [7, 11) is 1.47. The summed E-state index contributed by atoms with van der Waals surface area (Å²) in [6.45, 7) is 5.32. The third-order valence-corrected chi connectivity index (χ3v) is 5.41. The van der Waals surface area contributed by atoms with Crippen LogP contribution < -0.4 is 10.3 Å². The summed E-state index contributed by atoms with van der Waals surface area (Å²) in [5.41, 5.74) is 1.61. The lowest BCUT2D eigenvalue weighted by Crippen LogP contribution is -2.46. The van der Waals surface area contributed by atoms with Gasteiger partial charge in [0.15, 0.2) is 11.6 Å². The van der Waals surface area contributed by atoms with Gasteiger partial charge in [-0.25, -0.2) is 9.37 Å². The average molecular weight is 396 g/mol. The van der Waals surface area contributed by atoms with Crippen molar-refractivity contribution in [1.82, 2.24) is 19.8 Å². The Morgan fingerprint density at radius 2 is 1.86 bits per heavy atom. The topological polar surface area (TPSA) is 61.5 Å². The van der Waals surface area contributed by atoms with Crippen LogP contribution in [0.3, 0.4) is 0 Å². The number of nitrogens with one attached hydrogen (secondary N) is 1. The van der Waals surface area contributed by atoms with Gasteiger partial charge in [-0.05, 0) is 29.8 Å². The number of aromatic amines is 1. The van der Waals surface area contributed by atoms with Gasteiger partial charge in [-0.3, -0.25) is 9.69 Å². The first-order chi connectivity index (χ1) is 14.1. The first kappa shape index (κ1) is 19.5. The molecule has 1 N–H and O–H groups in total. The number of benzene rings is 2. The van der Waals surface area contributed by atoms with Gasteiger partial charge < -0.3 is 14.6 Å². The van der Waals surface area contributed by atoms with Gasteiger partial charge in [-0.15, -0.1) is 0 Å². The Morgan fingerprint density at radius 3 is 2.62 bits per heavy atom. The van der Waals surface area contributed by atoms with Gasteiger partial charge in [0.1, 0.15) is 5.82 Å². The number of aromatic nitrogens is 2. The molecule has 1 aliphatic rings. The van der Waals surface area contributed by atoms with E-state index >= 15 is 0 Å². The molecule has 0 saturated carbocycles. The van der Waals surface area contributed by atoms with Crippen molar-refractivity contribution in [2.24, 2.45) is 0 Å². The van der Waals surface area contributed by atoms with Crippen molar-refractivity contribution in [3.05, 3.63) is 70.0 Å². The summed E-state index contributed by atoms with van der Waals surface area (Å²) < 4.78 is 18.8. The van der Waals surface area contributed by atoms with E-state index in [1.165, 1.54) is 7.11 Å². The summed E-state index contributed by atoms with van der Waals surface area (Å²) in [5, 5.41) is 0.625. The molecule has 2 heterocycles. The van der Waals surface area contributed by atoms with Crippen LogP contribution in [0.4, 0.5) is 4.39 Å². The van der Waals surface area contributed by atoms with Gasteiger partial charge >= 0.3 is 0 Å². The maximum Gasteiger partial charge on any atom is 0.258 e.